The van der Waals surface area contributed by atoms with E-state index in [0.717, 1.165) is 42.6 Å². The lowest BCUT2D eigenvalue weighted by atomic mass is 9.98. The summed E-state index contributed by atoms with van der Waals surface area (Å²) in [4.78, 5) is 31.4. The third-order valence-electron chi connectivity index (χ3n) is 5.43. The zero-order valence-corrected chi connectivity index (χ0v) is 18.8. The summed E-state index contributed by atoms with van der Waals surface area (Å²) in [7, 11) is 7.72. The van der Waals surface area contributed by atoms with E-state index >= 15 is 0 Å². The van der Waals surface area contributed by atoms with Crippen molar-refractivity contribution in [3.05, 3.63) is 54.9 Å². The Morgan fingerprint density at radius 1 is 1.29 bits per heavy atom. The van der Waals surface area contributed by atoms with Gasteiger partial charge in [0.05, 0.1) is 0 Å². The standard InChI is InChI=1S/C23H31N7O/c1-7-22(31)30-12-8-9-18(30)13-17-14-21(25-15-19(17)16(2)28(3)4)26-20-10-11-24-23(27-20)29(5)6/h7,10-11,14-15,18H,1-2,8-9,12-13H2,3-6H3,(H,24,25,26,27). The maximum atomic E-state index is 12.3. The van der Waals surface area contributed by atoms with Gasteiger partial charge >= 0.3 is 0 Å². The molecule has 1 unspecified atom stereocenters. The minimum absolute atomic E-state index is 0.0138. The van der Waals surface area contributed by atoms with E-state index in [0.29, 0.717) is 17.6 Å². The Kier molecular flexibility index (Phi) is 6.89. The number of hydrogen-bond acceptors (Lipinski definition) is 7. The highest BCUT2D eigenvalue weighted by Gasteiger charge is 2.28. The highest BCUT2D eigenvalue weighted by atomic mass is 16.2. The predicted molar refractivity (Wildman–Crippen MR) is 125 cm³/mol. The average Bonchev–Trinajstić information content (AvgIpc) is 3.21. The lowest BCUT2D eigenvalue weighted by Gasteiger charge is -2.26. The van der Waals surface area contributed by atoms with Gasteiger partial charge in [0.15, 0.2) is 0 Å². The van der Waals surface area contributed by atoms with E-state index < -0.39 is 0 Å². The molecule has 31 heavy (non-hydrogen) atoms. The SMILES string of the molecule is C=CC(=O)N1CCCC1Cc1cc(Nc2ccnc(N(C)C)n2)ncc1C(=C)N(C)C. The molecule has 0 spiro atoms. The monoisotopic (exact) mass is 421 g/mol. The summed E-state index contributed by atoms with van der Waals surface area (Å²) in [6.07, 6.45) is 7.64. The molecule has 8 heteroatoms. The molecule has 0 saturated carbocycles. The molecule has 164 valence electrons. The van der Waals surface area contributed by atoms with Crippen molar-refractivity contribution in [2.24, 2.45) is 0 Å². The van der Waals surface area contributed by atoms with Crippen LogP contribution in [0.5, 0.6) is 0 Å². The molecule has 1 atom stereocenters. The molecule has 0 bridgehead atoms. The second-order valence-corrected chi connectivity index (χ2v) is 8.07. The fraction of sp³-hybridized carbons (Fsp3) is 0.391. The third kappa shape index (κ3) is 5.20. The van der Waals surface area contributed by atoms with Crippen LogP contribution in [-0.4, -0.2) is 71.4 Å². The topological polar surface area (TPSA) is 77.5 Å². The highest BCUT2D eigenvalue weighted by Crippen LogP contribution is 2.28. The molecule has 1 amide bonds. The number of amides is 1. The number of nitrogens with one attached hydrogen (secondary N) is 1. The zero-order chi connectivity index (χ0) is 22.5. The molecule has 0 aromatic carbocycles. The number of aromatic nitrogens is 3. The van der Waals surface area contributed by atoms with Crippen LogP contribution in [-0.2, 0) is 11.2 Å². The van der Waals surface area contributed by atoms with Crippen molar-refractivity contribution in [2.75, 3.05) is 45.0 Å². The number of hydrogen-bond donors (Lipinski definition) is 1. The first-order valence-corrected chi connectivity index (χ1v) is 10.4. The number of rotatable bonds is 8. The van der Waals surface area contributed by atoms with E-state index in [2.05, 4.69) is 33.4 Å². The maximum Gasteiger partial charge on any atom is 0.246 e. The smallest absolute Gasteiger partial charge is 0.246 e. The van der Waals surface area contributed by atoms with Crippen LogP contribution in [0.4, 0.5) is 17.6 Å². The van der Waals surface area contributed by atoms with Crippen LogP contribution in [0.2, 0.25) is 0 Å². The van der Waals surface area contributed by atoms with Gasteiger partial charge in [-0.05, 0) is 43.0 Å². The largest absolute Gasteiger partial charge is 0.378 e. The molecule has 2 aromatic rings. The minimum Gasteiger partial charge on any atom is -0.378 e. The Hall–Kier alpha value is -3.42. The Bertz CT molecular complexity index is 970. The van der Waals surface area contributed by atoms with E-state index in [1.807, 2.05) is 61.2 Å². The van der Waals surface area contributed by atoms with Gasteiger partial charge in [-0.25, -0.2) is 9.97 Å². The molecule has 1 aliphatic rings. The number of anilines is 3. The van der Waals surface area contributed by atoms with E-state index in [1.165, 1.54) is 6.08 Å². The molecule has 1 saturated heterocycles. The van der Waals surface area contributed by atoms with E-state index in [1.54, 1.807) is 6.20 Å². The van der Waals surface area contributed by atoms with Crippen molar-refractivity contribution >= 4 is 29.2 Å². The summed E-state index contributed by atoms with van der Waals surface area (Å²) >= 11 is 0. The van der Waals surface area contributed by atoms with Gasteiger partial charge in [-0.3, -0.25) is 4.79 Å². The molecule has 1 fully saturated rings. The first kappa shape index (κ1) is 22.3. The second kappa shape index (κ2) is 9.59. The van der Waals surface area contributed by atoms with Gasteiger partial charge in [0.2, 0.25) is 11.9 Å². The summed E-state index contributed by atoms with van der Waals surface area (Å²) in [5.41, 5.74) is 2.95. The molecule has 0 aliphatic carbocycles. The zero-order valence-electron chi connectivity index (χ0n) is 18.8. The van der Waals surface area contributed by atoms with Crippen molar-refractivity contribution < 1.29 is 4.79 Å². The Balaban J connectivity index is 1.91. The van der Waals surface area contributed by atoms with Crippen LogP contribution in [0.25, 0.3) is 5.70 Å². The molecule has 2 aromatic heterocycles. The quantitative estimate of drug-likeness (QED) is 0.657. The maximum absolute atomic E-state index is 12.3. The van der Waals surface area contributed by atoms with Gasteiger partial charge in [-0.1, -0.05) is 13.2 Å². The highest BCUT2D eigenvalue weighted by molar-refractivity contribution is 5.87. The molecule has 1 aliphatic heterocycles. The van der Waals surface area contributed by atoms with Crippen molar-refractivity contribution in [1.82, 2.24) is 24.8 Å². The molecular formula is C23H31N7O. The number of pyridine rings is 1. The van der Waals surface area contributed by atoms with Crippen LogP contribution in [0.3, 0.4) is 0 Å². The summed E-state index contributed by atoms with van der Waals surface area (Å²) < 4.78 is 0. The van der Waals surface area contributed by atoms with E-state index in [4.69, 9.17) is 0 Å². The fourth-order valence-corrected chi connectivity index (χ4v) is 3.71. The molecule has 8 nitrogen and oxygen atoms in total. The average molecular weight is 422 g/mol. The van der Waals surface area contributed by atoms with Crippen molar-refractivity contribution in [1.29, 1.82) is 0 Å². The second-order valence-electron chi connectivity index (χ2n) is 8.07. The lowest BCUT2D eigenvalue weighted by Crippen LogP contribution is -2.35. The van der Waals surface area contributed by atoms with E-state index in [9.17, 15) is 4.79 Å². The van der Waals surface area contributed by atoms with Gasteiger partial charge in [-0.2, -0.15) is 4.98 Å². The minimum atomic E-state index is -0.0138. The number of carbonyl (C=O) groups is 1. The number of likely N-dealkylation sites (tertiary alicyclic amines) is 1. The molecule has 3 heterocycles. The van der Waals surface area contributed by atoms with Gasteiger partial charge in [0.25, 0.3) is 0 Å². The van der Waals surface area contributed by atoms with Crippen LogP contribution in [0.15, 0.2) is 43.8 Å². The third-order valence-corrected chi connectivity index (χ3v) is 5.43. The van der Waals surface area contributed by atoms with Gasteiger partial charge in [-0.15, -0.1) is 0 Å². The number of carbonyl (C=O) groups excluding carboxylic acids is 1. The van der Waals surface area contributed by atoms with Crippen molar-refractivity contribution in [3.63, 3.8) is 0 Å². The van der Waals surface area contributed by atoms with Crippen molar-refractivity contribution in [2.45, 2.75) is 25.3 Å². The molecule has 0 radical (unpaired) electrons. The van der Waals surface area contributed by atoms with Crippen LogP contribution >= 0.6 is 0 Å². The molecule has 3 rings (SSSR count). The first-order chi connectivity index (χ1) is 14.8. The van der Waals surface area contributed by atoms with Gasteiger partial charge in [0, 0.05) is 64.4 Å². The summed E-state index contributed by atoms with van der Waals surface area (Å²) in [6, 6.07) is 3.97. The summed E-state index contributed by atoms with van der Waals surface area (Å²) in [5, 5.41) is 3.28. The van der Waals surface area contributed by atoms with Gasteiger partial charge in [0.1, 0.15) is 11.6 Å². The first-order valence-electron chi connectivity index (χ1n) is 10.4. The van der Waals surface area contributed by atoms with Gasteiger partial charge < -0.3 is 20.0 Å². The lowest BCUT2D eigenvalue weighted by molar-refractivity contribution is -0.126. The van der Waals surface area contributed by atoms with Crippen LogP contribution < -0.4 is 10.2 Å². The number of nitrogens with zero attached hydrogens (tertiary/aromatic N) is 6. The summed E-state index contributed by atoms with van der Waals surface area (Å²) in [6.45, 7) is 8.63. The summed E-state index contributed by atoms with van der Waals surface area (Å²) in [5.74, 6) is 1.96. The normalized spacial score (nSPS) is 15.5. The fourth-order valence-electron chi connectivity index (χ4n) is 3.71. The van der Waals surface area contributed by atoms with Crippen LogP contribution in [0.1, 0.15) is 24.0 Å². The van der Waals surface area contributed by atoms with Crippen LogP contribution in [0, 0.1) is 0 Å². The Morgan fingerprint density at radius 3 is 2.74 bits per heavy atom. The Morgan fingerprint density at radius 2 is 2.06 bits per heavy atom. The van der Waals surface area contributed by atoms with E-state index in [-0.39, 0.29) is 11.9 Å². The predicted octanol–water partition coefficient (Wildman–Crippen LogP) is 2.93. The van der Waals surface area contributed by atoms with Crippen molar-refractivity contribution in [3.8, 4) is 0 Å². The Labute approximate surface area is 184 Å². The molecule has 1 N–H and O–H groups in total. The molecular weight excluding hydrogens is 390 g/mol.